The molecular weight excluding hydrogens is 228 g/mol. The average molecular weight is 244 g/mol. The van der Waals surface area contributed by atoms with Crippen LogP contribution in [0.15, 0.2) is 42.7 Å². The van der Waals surface area contributed by atoms with Gasteiger partial charge in [0, 0.05) is 6.42 Å². The highest BCUT2D eigenvalue weighted by atomic mass is 16.1. The summed E-state index contributed by atoms with van der Waals surface area (Å²) in [6, 6.07) is 9.74. The van der Waals surface area contributed by atoms with E-state index >= 15 is 0 Å². The summed E-state index contributed by atoms with van der Waals surface area (Å²) in [5.41, 5.74) is 1.05. The Morgan fingerprint density at radius 3 is 2.56 bits per heavy atom. The molecule has 0 fully saturated rings. The second kappa shape index (κ2) is 5.95. The van der Waals surface area contributed by atoms with Crippen LogP contribution < -0.4 is 5.32 Å². The fourth-order valence-electron chi connectivity index (χ4n) is 1.72. The second-order valence-corrected chi connectivity index (χ2v) is 3.97. The van der Waals surface area contributed by atoms with Crippen molar-refractivity contribution in [1.29, 1.82) is 0 Å². The van der Waals surface area contributed by atoms with Gasteiger partial charge in [-0.3, -0.25) is 4.79 Å². The van der Waals surface area contributed by atoms with Crippen molar-refractivity contribution in [3.63, 3.8) is 0 Å². The number of nitrogens with one attached hydrogen (secondary N) is 1. The van der Waals surface area contributed by atoms with Gasteiger partial charge in [-0.25, -0.2) is 0 Å². The molecule has 0 aliphatic rings. The van der Waals surface area contributed by atoms with E-state index in [2.05, 4.69) is 15.5 Å². The van der Waals surface area contributed by atoms with E-state index in [0.717, 1.165) is 5.56 Å². The van der Waals surface area contributed by atoms with Crippen molar-refractivity contribution in [3.05, 3.63) is 48.3 Å². The van der Waals surface area contributed by atoms with Gasteiger partial charge in [0.2, 0.25) is 5.91 Å². The number of aromatic nitrogens is 3. The number of nitrogens with zero attached hydrogens (tertiary/aromatic N) is 3. The molecule has 1 unspecified atom stereocenters. The van der Waals surface area contributed by atoms with Crippen molar-refractivity contribution < 1.29 is 4.79 Å². The van der Waals surface area contributed by atoms with Crippen molar-refractivity contribution in [2.45, 2.75) is 25.9 Å². The summed E-state index contributed by atoms with van der Waals surface area (Å²) < 4.78 is 0. The minimum absolute atomic E-state index is 0.0241. The molecule has 94 valence electrons. The van der Waals surface area contributed by atoms with Crippen LogP contribution in [0.5, 0.6) is 0 Å². The summed E-state index contributed by atoms with van der Waals surface area (Å²) in [6.45, 7) is 2.37. The van der Waals surface area contributed by atoms with E-state index in [4.69, 9.17) is 0 Å². The fourth-order valence-corrected chi connectivity index (χ4v) is 1.72. The number of rotatable bonds is 5. The molecule has 0 saturated carbocycles. The third-order valence-electron chi connectivity index (χ3n) is 2.67. The van der Waals surface area contributed by atoms with Gasteiger partial charge in [-0.1, -0.05) is 37.3 Å². The van der Waals surface area contributed by atoms with Crippen molar-refractivity contribution in [1.82, 2.24) is 20.3 Å². The molecule has 1 amide bonds. The maximum absolute atomic E-state index is 11.6. The highest BCUT2D eigenvalue weighted by Crippen LogP contribution is 2.14. The summed E-state index contributed by atoms with van der Waals surface area (Å²) >= 11 is 0. The molecule has 2 aromatic rings. The molecule has 0 saturated heterocycles. The third-order valence-corrected chi connectivity index (χ3v) is 2.67. The topological polar surface area (TPSA) is 59.8 Å². The van der Waals surface area contributed by atoms with E-state index in [1.807, 2.05) is 37.3 Å². The minimum atomic E-state index is -0.106. The van der Waals surface area contributed by atoms with E-state index in [1.54, 1.807) is 17.2 Å². The largest absolute Gasteiger partial charge is 0.347 e. The average Bonchev–Trinajstić information content (AvgIpc) is 2.92. The Bertz CT molecular complexity index is 481. The smallest absolute Gasteiger partial charge is 0.220 e. The van der Waals surface area contributed by atoms with Crippen LogP contribution in [0.25, 0.3) is 0 Å². The predicted octanol–water partition coefficient (Wildman–Crippen LogP) is 1.55. The van der Waals surface area contributed by atoms with Crippen LogP contribution in [-0.2, 0) is 11.3 Å². The molecule has 0 bridgehead atoms. The number of hydrogen-bond acceptors (Lipinski definition) is 3. The fraction of sp³-hybridized carbons (Fsp3) is 0.308. The number of hydrogen-bond donors (Lipinski definition) is 1. The number of benzene rings is 1. The van der Waals surface area contributed by atoms with Crippen LogP contribution >= 0.6 is 0 Å². The molecule has 5 heteroatoms. The summed E-state index contributed by atoms with van der Waals surface area (Å²) in [5.74, 6) is 0.0241. The maximum Gasteiger partial charge on any atom is 0.220 e. The van der Waals surface area contributed by atoms with Crippen LogP contribution in [0.2, 0.25) is 0 Å². The summed E-state index contributed by atoms with van der Waals surface area (Å²) in [4.78, 5) is 13.1. The molecule has 1 N–H and O–H groups in total. The molecule has 1 aromatic carbocycles. The van der Waals surface area contributed by atoms with Gasteiger partial charge in [0.05, 0.1) is 25.0 Å². The highest BCUT2D eigenvalue weighted by Gasteiger charge is 2.14. The zero-order valence-electron chi connectivity index (χ0n) is 10.3. The van der Waals surface area contributed by atoms with Gasteiger partial charge in [0.25, 0.3) is 0 Å². The van der Waals surface area contributed by atoms with E-state index in [0.29, 0.717) is 13.0 Å². The quantitative estimate of drug-likeness (QED) is 0.868. The molecule has 0 aliphatic heterocycles. The molecular formula is C13H16N4O. The van der Waals surface area contributed by atoms with Crippen LogP contribution in [0.3, 0.4) is 0 Å². The SMILES string of the molecule is CCC(=O)NC(Cn1nccn1)c1ccccc1. The van der Waals surface area contributed by atoms with E-state index in [9.17, 15) is 4.79 Å². The third kappa shape index (κ3) is 3.16. The Hall–Kier alpha value is -2.17. The van der Waals surface area contributed by atoms with Gasteiger partial charge >= 0.3 is 0 Å². The lowest BCUT2D eigenvalue weighted by Crippen LogP contribution is -2.31. The molecule has 2 rings (SSSR count). The van der Waals surface area contributed by atoms with Crippen LogP contribution in [-0.4, -0.2) is 20.9 Å². The first-order chi connectivity index (χ1) is 8.79. The molecule has 0 radical (unpaired) electrons. The highest BCUT2D eigenvalue weighted by molar-refractivity contribution is 5.76. The van der Waals surface area contributed by atoms with Crippen molar-refractivity contribution in [3.8, 4) is 0 Å². The molecule has 18 heavy (non-hydrogen) atoms. The van der Waals surface area contributed by atoms with Crippen LogP contribution in [0, 0.1) is 0 Å². The Kier molecular flexibility index (Phi) is 4.06. The first-order valence-corrected chi connectivity index (χ1v) is 5.98. The van der Waals surface area contributed by atoms with Crippen molar-refractivity contribution in [2.75, 3.05) is 0 Å². The van der Waals surface area contributed by atoms with E-state index < -0.39 is 0 Å². The zero-order chi connectivity index (χ0) is 12.8. The van der Waals surface area contributed by atoms with E-state index in [-0.39, 0.29) is 11.9 Å². The predicted molar refractivity (Wildman–Crippen MR) is 67.6 cm³/mol. The maximum atomic E-state index is 11.6. The first kappa shape index (κ1) is 12.3. The standard InChI is InChI=1S/C13H16N4O/c1-2-13(18)16-12(10-17-14-8-9-15-17)11-6-4-3-5-7-11/h3-9,12H,2,10H2,1H3,(H,16,18). The van der Waals surface area contributed by atoms with E-state index in [1.165, 1.54) is 0 Å². The first-order valence-electron chi connectivity index (χ1n) is 5.98. The summed E-state index contributed by atoms with van der Waals surface area (Å²) in [5, 5.41) is 11.1. The molecule has 1 atom stereocenters. The zero-order valence-corrected chi connectivity index (χ0v) is 10.3. The minimum Gasteiger partial charge on any atom is -0.347 e. The molecule has 5 nitrogen and oxygen atoms in total. The number of carbonyl (C=O) groups excluding carboxylic acids is 1. The van der Waals surface area contributed by atoms with Gasteiger partial charge < -0.3 is 5.32 Å². The van der Waals surface area contributed by atoms with Gasteiger partial charge in [-0.15, -0.1) is 0 Å². The van der Waals surface area contributed by atoms with Gasteiger partial charge in [0.1, 0.15) is 0 Å². The van der Waals surface area contributed by atoms with Gasteiger partial charge in [-0.2, -0.15) is 15.0 Å². The van der Waals surface area contributed by atoms with Crippen LogP contribution in [0.1, 0.15) is 24.9 Å². The molecule has 1 heterocycles. The Morgan fingerprint density at radius 2 is 1.94 bits per heavy atom. The van der Waals surface area contributed by atoms with Crippen LogP contribution in [0.4, 0.5) is 0 Å². The van der Waals surface area contributed by atoms with Crippen molar-refractivity contribution >= 4 is 5.91 Å². The molecule has 1 aromatic heterocycles. The lowest BCUT2D eigenvalue weighted by atomic mass is 10.1. The second-order valence-electron chi connectivity index (χ2n) is 3.97. The van der Waals surface area contributed by atoms with Gasteiger partial charge in [0.15, 0.2) is 0 Å². The molecule has 0 spiro atoms. The lowest BCUT2D eigenvalue weighted by Gasteiger charge is -2.18. The Labute approximate surface area is 106 Å². The summed E-state index contributed by atoms with van der Waals surface area (Å²) in [6.07, 6.45) is 3.73. The van der Waals surface area contributed by atoms with Gasteiger partial charge in [-0.05, 0) is 5.56 Å². The summed E-state index contributed by atoms with van der Waals surface area (Å²) in [7, 11) is 0. The normalized spacial score (nSPS) is 12.1. The Morgan fingerprint density at radius 1 is 1.28 bits per heavy atom. The van der Waals surface area contributed by atoms with Crippen molar-refractivity contribution in [2.24, 2.45) is 0 Å². The Balaban J connectivity index is 2.15. The monoisotopic (exact) mass is 244 g/mol. The number of carbonyl (C=O) groups is 1. The lowest BCUT2D eigenvalue weighted by molar-refractivity contribution is -0.121. The number of amides is 1. The molecule has 0 aliphatic carbocycles.